The van der Waals surface area contributed by atoms with Gasteiger partial charge in [-0.2, -0.15) is 0 Å². The maximum atomic E-state index is 13.2. The molecule has 0 spiro atoms. The summed E-state index contributed by atoms with van der Waals surface area (Å²) < 4.78 is 5.79. The first-order chi connectivity index (χ1) is 18.6. The van der Waals surface area contributed by atoms with Crippen LogP contribution in [0.5, 0.6) is 5.75 Å². The molecule has 1 aliphatic heterocycles. The first-order valence-corrected chi connectivity index (χ1v) is 13.6. The van der Waals surface area contributed by atoms with Crippen molar-refractivity contribution in [3.8, 4) is 5.75 Å². The van der Waals surface area contributed by atoms with Gasteiger partial charge in [-0.25, -0.2) is 9.97 Å². The molecule has 2 amide bonds. The first-order valence-electron chi connectivity index (χ1n) is 13.6. The Kier molecular flexibility index (Phi) is 8.93. The van der Waals surface area contributed by atoms with E-state index in [2.05, 4.69) is 34.4 Å². The number of likely N-dealkylation sites (tertiary alicyclic amines) is 1. The molecular formula is C29H39N6O4+. The third-order valence-corrected chi connectivity index (χ3v) is 7.51. The van der Waals surface area contributed by atoms with Gasteiger partial charge in [-0.3, -0.25) is 19.8 Å². The molecule has 39 heavy (non-hydrogen) atoms. The molecule has 208 valence electrons. The van der Waals surface area contributed by atoms with Crippen LogP contribution >= 0.6 is 0 Å². The lowest BCUT2D eigenvalue weighted by Gasteiger charge is -2.36. The summed E-state index contributed by atoms with van der Waals surface area (Å²) in [5.41, 5.74) is 1.25. The zero-order valence-corrected chi connectivity index (χ0v) is 23.0. The fourth-order valence-electron chi connectivity index (χ4n) is 5.46. The van der Waals surface area contributed by atoms with E-state index in [0.29, 0.717) is 35.8 Å². The van der Waals surface area contributed by atoms with Gasteiger partial charge in [0.15, 0.2) is 5.82 Å². The standard InChI is InChI=1S/C29H38N6O4/c1-19(36)27(30)22-15-21(39-18-25-31-12-6-13-32-25)9-10-23(22)33-17-26(37)35-14-5-8-24(35)28(38)34-20-7-4-11-29(2,3)16-20/h6,9-10,12-13,15,20,24,30,33H,4-5,7-8,11,14,16-18H2,1-3H3,(H,34,38)/p+1/t20?,24-/m0/s1. The number of carbonyl (C=O) groups excluding carboxylic acids is 3. The van der Waals surface area contributed by atoms with Crippen LogP contribution in [-0.4, -0.2) is 63.4 Å². The molecule has 1 unspecified atom stereocenters. The number of benzene rings is 1. The van der Waals surface area contributed by atoms with Crippen molar-refractivity contribution < 1.29 is 24.5 Å². The van der Waals surface area contributed by atoms with E-state index in [-0.39, 0.29) is 47.9 Å². The summed E-state index contributed by atoms with van der Waals surface area (Å²) in [5.74, 6) is 0.468. The van der Waals surface area contributed by atoms with Crippen LogP contribution in [0.1, 0.15) is 70.7 Å². The van der Waals surface area contributed by atoms with Gasteiger partial charge in [0.1, 0.15) is 18.4 Å². The van der Waals surface area contributed by atoms with Crippen LogP contribution in [-0.2, 0) is 21.0 Å². The van der Waals surface area contributed by atoms with Gasteiger partial charge in [0.2, 0.25) is 23.3 Å². The molecule has 1 saturated heterocycles. The van der Waals surface area contributed by atoms with E-state index in [4.69, 9.17) is 10.1 Å². The molecule has 4 N–H and O–H groups in total. The average Bonchev–Trinajstić information content (AvgIpc) is 3.41. The van der Waals surface area contributed by atoms with Gasteiger partial charge >= 0.3 is 0 Å². The highest BCUT2D eigenvalue weighted by Crippen LogP contribution is 2.35. The Hall–Kier alpha value is -3.82. The maximum Gasteiger partial charge on any atom is 0.249 e. The first kappa shape index (κ1) is 28.2. The molecule has 0 radical (unpaired) electrons. The van der Waals surface area contributed by atoms with Crippen molar-refractivity contribution in [2.24, 2.45) is 5.41 Å². The topological polar surface area (TPSA) is 139 Å². The van der Waals surface area contributed by atoms with Crippen LogP contribution in [0.15, 0.2) is 36.7 Å². The SMILES string of the molecule is CC(=O)C(=[NH2+])c1cc(OCc2ncccn2)ccc1NCC(=O)N1CCC[C@H]1C(=O)NC1CCCC(C)(C)C1. The zero-order chi connectivity index (χ0) is 28.0. The summed E-state index contributed by atoms with van der Waals surface area (Å²) in [6.45, 7) is 6.53. The number of carbonyl (C=O) groups is 3. The Morgan fingerprint density at radius 1 is 1.15 bits per heavy atom. The largest absolute Gasteiger partial charge is 0.486 e. The molecule has 2 aliphatic rings. The number of Topliss-reactive ketones (excluding diaryl/α,β-unsaturated/α-hetero) is 1. The quantitative estimate of drug-likeness (QED) is 0.394. The van der Waals surface area contributed by atoms with Gasteiger partial charge in [-0.15, -0.1) is 0 Å². The third kappa shape index (κ3) is 7.40. The van der Waals surface area contributed by atoms with Crippen LogP contribution in [0.25, 0.3) is 0 Å². The van der Waals surface area contributed by atoms with Crippen molar-refractivity contribution in [2.45, 2.75) is 78.0 Å². The van der Waals surface area contributed by atoms with Crippen LogP contribution in [0.3, 0.4) is 0 Å². The summed E-state index contributed by atoms with van der Waals surface area (Å²) >= 11 is 0. The molecule has 1 aromatic carbocycles. The van der Waals surface area contributed by atoms with E-state index >= 15 is 0 Å². The monoisotopic (exact) mass is 535 g/mol. The number of aromatic nitrogens is 2. The molecular weight excluding hydrogens is 496 g/mol. The predicted octanol–water partition coefficient (Wildman–Crippen LogP) is 1.68. The predicted molar refractivity (Wildman–Crippen MR) is 147 cm³/mol. The Labute approximate surface area is 229 Å². The highest BCUT2D eigenvalue weighted by atomic mass is 16.5. The van der Waals surface area contributed by atoms with Gasteiger partial charge in [-0.05, 0) is 61.8 Å². The molecule has 10 nitrogen and oxygen atoms in total. The second-order valence-electron chi connectivity index (χ2n) is 11.2. The van der Waals surface area contributed by atoms with Gasteiger partial charge in [0.25, 0.3) is 0 Å². The van der Waals surface area contributed by atoms with Crippen molar-refractivity contribution in [2.75, 3.05) is 18.4 Å². The molecule has 0 bridgehead atoms. The van der Waals surface area contributed by atoms with Crippen molar-refractivity contribution in [1.82, 2.24) is 20.2 Å². The number of ketones is 1. The van der Waals surface area contributed by atoms with E-state index in [9.17, 15) is 14.4 Å². The smallest absolute Gasteiger partial charge is 0.249 e. The third-order valence-electron chi connectivity index (χ3n) is 7.51. The minimum Gasteiger partial charge on any atom is -0.486 e. The van der Waals surface area contributed by atoms with Crippen LogP contribution < -0.4 is 20.8 Å². The maximum absolute atomic E-state index is 13.2. The van der Waals surface area contributed by atoms with E-state index in [1.807, 2.05) is 0 Å². The number of hydrogen-bond acceptors (Lipinski definition) is 7. The van der Waals surface area contributed by atoms with Crippen molar-refractivity contribution in [1.29, 1.82) is 0 Å². The fraction of sp³-hybridized carbons (Fsp3) is 0.517. The van der Waals surface area contributed by atoms with Crippen LogP contribution in [0, 0.1) is 5.41 Å². The molecule has 2 aromatic rings. The number of anilines is 1. The summed E-state index contributed by atoms with van der Waals surface area (Å²) in [7, 11) is 0. The second kappa shape index (κ2) is 12.4. The molecule has 4 rings (SSSR count). The van der Waals surface area contributed by atoms with Gasteiger partial charge in [0.05, 0.1) is 12.1 Å². The molecule has 10 heteroatoms. The normalized spacial score (nSPS) is 20.2. The number of rotatable bonds is 10. The number of nitrogens with one attached hydrogen (secondary N) is 2. The van der Waals surface area contributed by atoms with Crippen molar-refractivity contribution in [3.63, 3.8) is 0 Å². The molecule has 1 aliphatic carbocycles. The van der Waals surface area contributed by atoms with Crippen LogP contribution in [0.2, 0.25) is 0 Å². The molecule has 2 heterocycles. The van der Waals surface area contributed by atoms with Gasteiger partial charge < -0.3 is 20.3 Å². The average molecular weight is 536 g/mol. The van der Waals surface area contributed by atoms with E-state index in [1.54, 1.807) is 41.6 Å². The van der Waals surface area contributed by atoms with E-state index < -0.39 is 6.04 Å². The second-order valence-corrected chi connectivity index (χ2v) is 11.2. The van der Waals surface area contributed by atoms with Crippen LogP contribution in [0.4, 0.5) is 5.69 Å². The lowest BCUT2D eigenvalue weighted by Crippen LogP contribution is -2.51. The van der Waals surface area contributed by atoms with Gasteiger partial charge in [0, 0.05) is 37.6 Å². The Morgan fingerprint density at radius 3 is 2.64 bits per heavy atom. The summed E-state index contributed by atoms with van der Waals surface area (Å²) in [4.78, 5) is 48.4. The number of amides is 2. The molecule has 1 aromatic heterocycles. The van der Waals surface area contributed by atoms with E-state index in [0.717, 1.165) is 25.7 Å². The van der Waals surface area contributed by atoms with Gasteiger partial charge in [-0.1, -0.05) is 20.3 Å². The van der Waals surface area contributed by atoms with Crippen molar-refractivity contribution in [3.05, 3.63) is 48.0 Å². The molecule has 1 saturated carbocycles. The summed E-state index contributed by atoms with van der Waals surface area (Å²) in [5, 5.41) is 12.4. The number of hydrogen-bond donors (Lipinski definition) is 3. The Balaban J connectivity index is 1.39. The lowest BCUT2D eigenvalue weighted by atomic mass is 9.75. The molecule has 2 atom stereocenters. The minimum absolute atomic E-state index is 0.0313. The minimum atomic E-state index is -0.464. The summed E-state index contributed by atoms with van der Waals surface area (Å²) in [6, 6.07) is 6.51. The lowest BCUT2D eigenvalue weighted by molar-refractivity contribution is -0.137. The Bertz CT molecular complexity index is 1220. The highest BCUT2D eigenvalue weighted by molar-refractivity contribution is 6.44. The van der Waals surface area contributed by atoms with Crippen molar-refractivity contribution >= 4 is 29.0 Å². The number of nitrogens with zero attached hydrogens (tertiary/aromatic N) is 3. The van der Waals surface area contributed by atoms with E-state index in [1.165, 1.54) is 13.3 Å². The highest BCUT2D eigenvalue weighted by Gasteiger charge is 2.36. The fourth-order valence-corrected chi connectivity index (χ4v) is 5.46. The number of ether oxygens (including phenoxy) is 1. The Morgan fingerprint density at radius 2 is 1.92 bits per heavy atom. The zero-order valence-electron chi connectivity index (χ0n) is 23.0. The molecule has 2 fully saturated rings. The number of nitrogens with two attached hydrogens (primary N) is 1. The summed E-state index contributed by atoms with van der Waals surface area (Å²) in [6.07, 6.45) is 8.90.